The van der Waals surface area contributed by atoms with Crippen LogP contribution in [0.1, 0.15) is 17.0 Å². The summed E-state index contributed by atoms with van der Waals surface area (Å²) in [5.74, 6) is -5.74. The molecule has 172 valence electrons. The number of nitrogens with one attached hydrogen (secondary N) is 1. The zero-order chi connectivity index (χ0) is 23.9. The van der Waals surface area contributed by atoms with Crippen LogP contribution >= 0.6 is 0 Å². The molecule has 0 saturated carbocycles. The summed E-state index contributed by atoms with van der Waals surface area (Å²) in [5.41, 5.74) is -1.49. The number of ether oxygens (including phenoxy) is 2. The van der Waals surface area contributed by atoms with E-state index in [0.29, 0.717) is 5.56 Å². The maximum absolute atomic E-state index is 13.7. The molecule has 0 aromatic heterocycles. The maximum atomic E-state index is 13.7. The molecular formula is C22H15F4NO6. The smallest absolute Gasteiger partial charge is 0.387 e. The lowest BCUT2D eigenvalue weighted by Crippen LogP contribution is -2.46. The molecule has 0 radical (unpaired) electrons. The van der Waals surface area contributed by atoms with E-state index in [4.69, 9.17) is 5.11 Å². The molecule has 0 amide bonds. The van der Waals surface area contributed by atoms with Gasteiger partial charge in [0.05, 0.1) is 12.1 Å². The van der Waals surface area contributed by atoms with Crippen LogP contribution in [-0.4, -0.2) is 35.9 Å². The number of Topliss-reactive ketones (excluding diaryl/α,β-unsaturated/α-hetero) is 2. The number of carbonyl (C=O) groups is 3. The van der Waals surface area contributed by atoms with Crippen LogP contribution in [0.15, 0.2) is 71.5 Å². The first-order valence-electron chi connectivity index (χ1n) is 9.55. The van der Waals surface area contributed by atoms with Crippen molar-refractivity contribution in [3.8, 4) is 0 Å². The van der Waals surface area contributed by atoms with E-state index in [1.807, 2.05) is 0 Å². The molecular weight excluding hydrogens is 450 g/mol. The molecule has 2 atom stereocenters. The summed E-state index contributed by atoms with van der Waals surface area (Å²) in [6.07, 6.45) is 4.51. The van der Waals surface area contributed by atoms with Crippen molar-refractivity contribution >= 4 is 17.5 Å². The van der Waals surface area contributed by atoms with E-state index in [1.54, 1.807) is 0 Å². The molecule has 2 N–H and O–H groups in total. The number of hydrogen-bond acceptors (Lipinski definition) is 6. The molecule has 2 unspecified atom stereocenters. The fourth-order valence-corrected chi connectivity index (χ4v) is 4.16. The molecule has 7 nitrogen and oxygen atoms in total. The van der Waals surface area contributed by atoms with Gasteiger partial charge in [-0.15, -0.1) is 0 Å². The molecule has 1 aromatic rings. The van der Waals surface area contributed by atoms with Gasteiger partial charge in [-0.2, -0.15) is 17.6 Å². The number of carbonyl (C=O) groups excluding carboxylic acids is 2. The van der Waals surface area contributed by atoms with Gasteiger partial charge in [0.1, 0.15) is 17.1 Å². The number of halogens is 4. The first-order chi connectivity index (χ1) is 15.6. The fourth-order valence-electron chi connectivity index (χ4n) is 4.16. The lowest BCUT2D eigenvalue weighted by atomic mass is 9.63. The van der Waals surface area contributed by atoms with Gasteiger partial charge >= 0.3 is 19.2 Å². The van der Waals surface area contributed by atoms with Gasteiger partial charge in [-0.3, -0.25) is 14.4 Å². The molecule has 4 rings (SSSR count). The van der Waals surface area contributed by atoms with Crippen LogP contribution in [0.2, 0.25) is 0 Å². The molecule has 11 heteroatoms. The first-order valence-corrected chi connectivity index (χ1v) is 9.55. The van der Waals surface area contributed by atoms with Gasteiger partial charge in [0, 0.05) is 6.20 Å². The molecule has 1 aliphatic heterocycles. The normalized spacial score (nSPS) is 23.8. The highest BCUT2D eigenvalue weighted by Crippen LogP contribution is 2.53. The summed E-state index contributed by atoms with van der Waals surface area (Å²) < 4.78 is 60.9. The van der Waals surface area contributed by atoms with E-state index >= 15 is 0 Å². The Labute approximate surface area is 183 Å². The Balaban J connectivity index is 1.85. The Morgan fingerprint density at radius 3 is 2.33 bits per heavy atom. The predicted octanol–water partition coefficient (Wildman–Crippen LogP) is 3.17. The Morgan fingerprint density at radius 1 is 1.06 bits per heavy atom. The minimum atomic E-state index is -3.40. The van der Waals surface area contributed by atoms with Crippen molar-refractivity contribution in [3.63, 3.8) is 0 Å². The Bertz CT molecular complexity index is 1150. The van der Waals surface area contributed by atoms with Crippen molar-refractivity contribution in [1.29, 1.82) is 0 Å². The second-order valence-corrected chi connectivity index (χ2v) is 7.37. The number of aliphatic carboxylic acids is 1. The van der Waals surface area contributed by atoms with Gasteiger partial charge in [0.15, 0.2) is 11.5 Å². The summed E-state index contributed by atoms with van der Waals surface area (Å²) in [7, 11) is 0. The van der Waals surface area contributed by atoms with Crippen LogP contribution in [0, 0.1) is 5.41 Å². The minimum Gasteiger partial charge on any atom is -0.481 e. The molecule has 1 spiro atoms. The van der Waals surface area contributed by atoms with Crippen molar-refractivity contribution in [3.05, 3.63) is 82.6 Å². The Kier molecular flexibility index (Phi) is 5.56. The van der Waals surface area contributed by atoms with Crippen molar-refractivity contribution in [1.82, 2.24) is 5.32 Å². The average molecular weight is 465 g/mol. The zero-order valence-electron chi connectivity index (χ0n) is 16.6. The third-order valence-electron chi connectivity index (χ3n) is 5.47. The summed E-state index contributed by atoms with van der Waals surface area (Å²) in [6.45, 7) is -6.61. The van der Waals surface area contributed by atoms with E-state index in [0.717, 1.165) is 6.08 Å². The van der Waals surface area contributed by atoms with E-state index < -0.39 is 53.6 Å². The van der Waals surface area contributed by atoms with Crippen LogP contribution in [-0.2, 0) is 30.3 Å². The van der Waals surface area contributed by atoms with Crippen molar-refractivity contribution in [2.45, 2.75) is 25.6 Å². The van der Waals surface area contributed by atoms with Crippen molar-refractivity contribution < 1.29 is 46.5 Å². The van der Waals surface area contributed by atoms with Gasteiger partial charge < -0.3 is 19.9 Å². The highest BCUT2D eigenvalue weighted by molar-refractivity contribution is 6.21. The molecule has 0 saturated heterocycles. The van der Waals surface area contributed by atoms with Crippen molar-refractivity contribution in [2.24, 2.45) is 5.41 Å². The van der Waals surface area contributed by atoms with Crippen molar-refractivity contribution in [2.75, 3.05) is 0 Å². The molecule has 3 aliphatic rings. The number of ketones is 2. The molecule has 1 heterocycles. The SMILES string of the molecule is O=C(O)Cc1ccc(C2C(=O)C(OC(F)F)=C3NC=C4C=CC(OC(F)F)=CC43C2=O)cc1. The summed E-state index contributed by atoms with van der Waals surface area (Å²) >= 11 is 0. The fraction of sp³-hybridized carbons (Fsp3) is 0.227. The summed E-state index contributed by atoms with van der Waals surface area (Å²) in [4.78, 5) is 37.7. The number of allylic oxidation sites excluding steroid dienone is 4. The monoisotopic (exact) mass is 465 g/mol. The topological polar surface area (TPSA) is 102 Å². The standard InChI is InChI=1S/C22H15F4NO6/c23-20(24)32-13-6-5-12-9-27-18-17(33-21(25)26)16(30)15(19(31)22(12,18)8-13)11-3-1-10(2-4-11)7-14(28)29/h1-6,8-9,15,20-21,27H,7H2,(H,28,29). The molecule has 0 bridgehead atoms. The highest BCUT2D eigenvalue weighted by atomic mass is 19.3. The lowest BCUT2D eigenvalue weighted by molar-refractivity contribution is -0.143. The van der Waals surface area contributed by atoms with Crippen LogP contribution in [0.3, 0.4) is 0 Å². The minimum absolute atomic E-state index is 0.105. The summed E-state index contributed by atoms with van der Waals surface area (Å²) in [6, 6.07) is 5.45. The molecule has 2 aliphatic carbocycles. The lowest BCUT2D eigenvalue weighted by Gasteiger charge is -2.38. The second kappa shape index (κ2) is 8.23. The number of carboxylic acid groups (broad SMARTS) is 1. The van der Waals surface area contributed by atoms with Gasteiger partial charge in [0.25, 0.3) is 0 Å². The van der Waals surface area contributed by atoms with Gasteiger partial charge in [-0.25, -0.2) is 0 Å². The Morgan fingerprint density at radius 2 is 1.73 bits per heavy atom. The largest absolute Gasteiger partial charge is 0.481 e. The van der Waals surface area contributed by atoms with E-state index in [2.05, 4.69) is 14.8 Å². The third kappa shape index (κ3) is 3.79. The maximum Gasteiger partial charge on any atom is 0.387 e. The average Bonchev–Trinajstić information content (AvgIpc) is 3.11. The zero-order valence-corrected chi connectivity index (χ0v) is 16.6. The van der Waals surface area contributed by atoms with E-state index in [9.17, 15) is 31.9 Å². The molecule has 0 fully saturated rings. The number of hydrogen-bond donors (Lipinski definition) is 2. The van der Waals surface area contributed by atoms with Crippen LogP contribution in [0.5, 0.6) is 0 Å². The van der Waals surface area contributed by atoms with Gasteiger partial charge in [-0.05, 0) is 28.9 Å². The first kappa shape index (κ1) is 22.3. The van der Waals surface area contributed by atoms with E-state index in [-0.39, 0.29) is 23.3 Å². The Hall–Kier alpha value is -3.89. The van der Waals surface area contributed by atoms with Crippen LogP contribution < -0.4 is 5.32 Å². The van der Waals surface area contributed by atoms with E-state index in [1.165, 1.54) is 42.6 Å². The van der Waals surface area contributed by atoms with Crippen LogP contribution in [0.4, 0.5) is 17.6 Å². The molecule has 1 aromatic carbocycles. The number of rotatable bonds is 7. The number of carboxylic acids is 1. The number of benzene rings is 1. The van der Waals surface area contributed by atoms with Gasteiger partial charge in [-0.1, -0.05) is 30.3 Å². The second-order valence-electron chi connectivity index (χ2n) is 7.37. The predicted molar refractivity (Wildman–Crippen MR) is 103 cm³/mol. The highest BCUT2D eigenvalue weighted by Gasteiger charge is 2.58. The van der Waals surface area contributed by atoms with Gasteiger partial charge in [0.2, 0.25) is 5.78 Å². The van der Waals surface area contributed by atoms with Crippen LogP contribution in [0.25, 0.3) is 0 Å². The third-order valence-corrected chi connectivity index (χ3v) is 5.47. The molecule has 33 heavy (non-hydrogen) atoms. The summed E-state index contributed by atoms with van der Waals surface area (Å²) in [5, 5.41) is 11.5. The quantitative estimate of drug-likeness (QED) is 0.471. The number of alkyl halides is 4.